The van der Waals surface area contributed by atoms with E-state index < -0.39 is 5.82 Å². The summed E-state index contributed by atoms with van der Waals surface area (Å²) in [5, 5.41) is 19.2. The van der Waals surface area contributed by atoms with Gasteiger partial charge < -0.3 is 10.2 Å². The fourth-order valence-corrected chi connectivity index (χ4v) is 1.63. The van der Waals surface area contributed by atoms with Crippen molar-refractivity contribution in [3.05, 3.63) is 35.1 Å². The van der Waals surface area contributed by atoms with Crippen LogP contribution in [0.2, 0.25) is 5.02 Å². The van der Waals surface area contributed by atoms with Crippen LogP contribution in [0.25, 0.3) is 10.8 Å². The first-order chi connectivity index (χ1) is 6.59. The van der Waals surface area contributed by atoms with Crippen LogP contribution in [0, 0.1) is 5.82 Å². The van der Waals surface area contributed by atoms with Gasteiger partial charge in [-0.05, 0) is 17.5 Å². The maximum atomic E-state index is 13.0. The van der Waals surface area contributed by atoms with Crippen LogP contribution in [-0.2, 0) is 0 Å². The largest absolute Gasteiger partial charge is 0.508 e. The molecule has 72 valence electrons. The van der Waals surface area contributed by atoms with E-state index in [9.17, 15) is 14.6 Å². The Labute approximate surface area is 84.2 Å². The molecule has 0 saturated carbocycles. The minimum atomic E-state index is -0.597. The Kier molecular flexibility index (Phi) is 1.97. The summed E-state index contributed by atoms with van der Waals surface area (Å²) in [7, 11) is 0. The van der Waals surface area contributed by atoms with Crippen LogP contribution in [0.1, 0.15) is 0 Å². The molecule has 0 aliphatic rings. The topological polar surface area (TPSA) is 40.5 Å². The van der Waals surface area contributed by atoms with E-state index in [2.05, 4.69) is 0 Å². The summed E-state index contributed by atoms with van der Waals surface area (Å²) in [6.45, 7) is 0. The molecule has 0 aliphatic heterocycles. The molecule has 0 aliphatic carbocycles. The SMILES string of the molecule is Oc1cc(O)c2c(Cl)c(F)ccc2c1. The van der Waals surface area contributed by atoms with Gasteiger partial charge >= 0.3 is 0 Å². The van der Waals surface area contributed by atoms with Crippen molar-refractivity contribution in [2.45, 2.75) is 0 Å². The Morgan fingerprint density at radius 3 is 2.57 bits per heavy atom. The molecular weight excluding hydrogens is 207 g/mol. The third-order valence-electron chi connectivity index (χ3n) is 1.97. The lowest BCUT2D eigenvalue weighted by Crippen LogP contribution is -1.81. The second kappa shape index (κ2) is 3.03. The van der Waals surface area contributed by atoms with Gasteiger partial charge in [-0.15, -0.1) is 0 Å². The van der Waals surface area contributed by atoms with E-state index in [1.807, 2.05) is 0 Å². The van der Waals surface area contributed by atoms with Gasteiger partial charge in [-0.1, -0.05) is 17.7 Å². The van der Waals surface area contributed by atoms with Gasteiger partial charge in [-0.3, -0.25) is 0 Å². The fourth-order valence-electron chi connectivity index (χ4n) is 1.36. The molecule has 0 unspecified atom stereocenters. The third-order valence-corrected chi connectivity index (χ3v) is 2.34. The van der Waals surface area contributed by atoms with Gasteiger partial charge in [0.05, 0.1) is 5.02 Å². The van der Waals surface area contributed by atoms with Crippen LogP contribution >= 0.6 is 11.6 Å². The maximum Gasteiger partial charge on any atom is 0.142 e. The van der Waals surface area contributed by atoms with Crippen LogP contribution in [0.5, 0.6) is 11.5 Å². The van der Waals surface area contributed by atoms with Crippen molar-refractivity contribution in [1.82, 2.24) is 0 Å². The summed E-state index contributed by atoms with van der Waals surface area (Å²) in [6, 6.07) is 5.15. The van der Waals surface area contributed by atoms with E-state index >= 15 is 0 Å². The first-order valence-electron chi connectivity index (χ1n) is 3.89. The molecule has 2 N–H and O–H groups in total. The highest BCUT2D eigenvalue weighted by molar-refractivity contribution is 6.36. The molecule has 0 bridgehead atoms. The number of hydrogen-bond acceptors (Lipinski definition) is 2. The second-order valence-electron chi connectivity index (χ2n) is 2.92. The molecule has 4 heteroatoms. The Morgan fingerprint density at radius 1 is 1.14 bits per heavy atom. The molecular formula is C10H6ClFO2. The predicted octanol–water partition coefficient (Wildman–Crippen LogP) is 3.04. The summed E-state index contributed by atoms with van der Waals surface area (Å²) in [6.07, 6.45) is 0. The van der Waals surface area contributed by atoms with E-state index in [0.717, 1.165) is 6.07 Å². The van der Waals surface area contributed by atoms with Gasteiger partial charge in [0.25, 0.3) is 0 Å². The van der Waals surface area contributed by atoms with Gasteiger partial charge in [-0.2, -0.15) is 0 Å². The first kappa shape index (κ1) is 9.09. The molecule has 2 aromatic carbocycles. The summed E-state index contributed by atoms with van der Waals surface area (Å²) in [4.78, 5) is 0. The highest BCUT2D eigenvalue weighted by atomic mass is 35.5. The van der Waals surface area contributed by atoms with Gasteiger partial charge in [0, 0.05) is 11.5 Å². The van der Waals surface area contributed by atoms with Crippen LogP contribution in [0.3, 0.4) is 0 Å². The lowest BCUT2D eigenvalue weighted by Gasteiger charge is -2.04. The first-order valence-corrected chi connectivity index (χ1v) is 4.27. The Morgan fingerprint density at radius 2 is 1.86 bits per heavy atom. The van der Waals surface area contributed by atoms with E-state index in [-0.39, 0.29) is 21.9 Å². The lowest BCUT2D eigenvalue weighted by atomic mass is 10.1. The summed E-state index contributed by atoms with van der Waals surface area (Å²) in [5.74, 6) is -0.915. The minimum absolute atomic E-state index is 0.0855. The predicted molar refractivity (Wildman–Crippen MR) is 52.2 cm³/mol. The molecule has 0 heterocycles. The van der Waals surface area contributed by atoms with E-state index in [1.165, 1.54) is 18.2 Å². The smallest absolute Gasteiger partial charge is 0.142 e. The van der Waals surface area contributed by atoms with Crippen molar-refractivity contribution in [1.29, 1.82) is 0 Å². The number of fused-ring (bicyclic) bond motifs is 1. The van der Waals surface area contributed by atoms with Gasteiger partial charge in [-0.25, -0.2) is 4.39 Å². The van der Waals surface area contributed by atoms with Crippen molar-refractivity contribution in [3.8, 4) is 11.5 Å². The molecule has 2 aromatic rings. The Balaban J connectivity index is 2.95. The van der Waals surface area contributed by atoms with Crippen molar-refractivity contribution in [2.24, 2.45) is 0 Å². The lowest BCUT2D eigenvalue weighted by molar-refractivity contribution is 0.455. The molecule has 0 saturated heterocycles. The second-order valence-corrected chi connectivity index (χ2v) is 3.30. The number of phenols is 2. The normalized spacial score (nSPS) is 10.7. The molecule has 14 heavy (non-hydrogen) atoms. The summed E-state index contributed by atoms with van der Waals surface area (Å²) in [5.41, 5.74) is 0. The number of halogens is 2. The summed E-state index contributed by atoms with van der Waals surface area (Å²) >= 11 is 5.67. The standard InChI is InChI=1S/C10H6ClFO2/c11-10-7(12)2-1-5-3-6(13)4-8(14)9(5)10/h1-4,13-14H. The monoisotopic (exact) mass is 212 g/mol. The van der Waals surface area contributed by atoms with Gasteiger partial charge in [0.1, 0.15) is 17.3 Å². The highest BCUT2D eigenvalue weighted by Gasteiger charge is 2.10. The van der Waals surface area contributed by atoms with Crippen LogP contribution in [-0.4, -0.2) is 10.2 Å². The number of phenolic OH excluding ortho intramolecular Hbond substituents is 2. The zero-order valence-electron chi connectivity index (χ0n) is 6.96. The van der Waals surface area contributed by atoms with Crippen molar-refractivity contribution >= 4 is 22.4 Å². The molecule has 2 nitrogen and oxygen atoms in total. The average molecular weight is 213 g/mol. The average Bonchev–Trinajstić information content (AvgIpc) is 2.10. The van der Waals surface area contributed by atoms with Crippen LogP contribution in [0.15, 0.2) is 24.3 Å². The van der Waals surface area contributed by atoms with Crippen molar-refractivity contribution in [3.63, 3.8) is 0 Å². The Bertz CT molecular complexity index is 511. The summed E-state index contributed by atoms with van der Waals surface area (Å²) < 4.78 is 13.0. The quantitative estimate of drug-likeness (QED) is 0.705. The zero-order chi connectivity index (χ0) is 10.3. The molecule has 2 rings (SSSR count). The van der Waals surface area contributed by atoms with E-state index in [1.54, 1.807) is 0 Å². The molecule has 0 spiro atoms. The third kappa shape index (κ3) is 1.26. The number of hydrogen-bond donors (Lipinski definition) is 2. The zero-order valence-corrected chi connectivity index (χ0v) is 7.72. The van der Waals surface area contributed by atoms with Gasteiger partial charge in [0.2, 0.25) is 0 Å². The van der Waals surface area contributed by atoms with E-state index in [4.69, 9.17) is 11.6 Å². The van der Waals surface area contributed by atoms with E-state index in [0.29, 0.717) is 5.39 Å². The Hall–Kier alpha value is -1.48. The van der Waals surface area contributed by atoms with Crippen molar-refractivity contribution < 1.29 is 14.6 Å². The minimum Gasteiger partial charge on any atom is -0.508 e. The van der Waals surface area contributed by atoms with Crippen LogP contribution in [0.4, 0.5) is 4.39 Å². The molecule has 0 amide bonds. The van der Waals surface area contributed by atoms with Crippen LogP contribution < -0.4 is 0 Å². The highest BCUT2D eigenvalue weighted by Crippen LogP contribution is 2.35. The molecule has 0 aromatic heterocycles. The number of rotatable bonds is 0. The molecule has 0 atom stereocenters. The maximum absolute atomic E-state index is 13.0. The van der Waals surface area contributed by atoms with Crippen molar-refractivity contribution in [2.75, 3.05) is 0 Å². The molecule has 0 fully saturated rings. The fraction of sp³-hybridized carbons (Fsp3) is 0. The number of aromatic hydroxyl groups is 2. The number of benzene rings is 2. The van der Waals surface area contributed by atoms with Gasteiger partial charge in [0.15, 0.2) is 0 Å². The molecule has 0 radical (unpaired) electrons.